The lowest BCUT2D eigenvalue weighted by Gasteiger charge is -2.15. The van der Waals surface area contributed by atoms with Gasteiger partial charge in [-0.3, -0.25) is 9.36 Å². The van der Waals surface area contributed by atoms with Gasteiger partial charge in [-0.15, -0.1) is 10.2 Å². The van der Waals surface area contributed by atoms with Crippen LogP contribution in [0.4, 0.5) is 4.39 Å². The van der Waals surface area contributed by atoms with E-state index < -0.39 is 0 Å². The van der Waals surface area contributed by atoms with Crippen molar-refractivity contribution in [1.29, 1.82) is 0 Å². The molecule has 0 spiro atoms. The van der Waals surface area contributed by atoms with E-state index >= 15 is 0 Å². The Morgan fingerprint density at radius 3 is 2.77 bits per heavy atom. The van der Waals surface area contributed by atoms with Gasteiger partial charge < -0.3 is 5.32 Å². The van der Waals surface area contributed by atoms with Gasteiger partial charge in [-0.05, 0) is 36.2 Å². The van der Waals surface area contributed by atoms with Gasteiger partial charge in [0, 0.05) is 24.7 Å². The number of amides is 1. The van der Waals surface area contributed by atoms with Gasteiger partial charge in [-0.25, -0.2) is 9.37 Å². The number of carbonyl (C=O) groups is 1. The van der Waals surface area contributed by atoms with E-state index in [1.807, 2.05) is 4.57 Å². The molecule has 26 heavy (non-hydrogen) atoms. The van der Waals surface area contributed by atoms with Crippen molar-refractivity contribution in [3.05, 3.63) is 65.0 Å². The molecule has 8 heteroatoms. The Hall–Kier alpha value is -2.80. The van der Waals surface area contributed by atoms with Crippen LogP contribution in [0.5, 0.6) is 0 Å². The van der Waals surface area contributed by atoms with Gasteiger partial charge >= 0.3 is 0 Å². The van der Waals surface area contributed by atoms with Crippen molar-refractivity contribution in [2.45, 2.75) is 25.4 Å². The van der Waals surface area contributed by atoms with E-state index in [1.165, 1.54) is 12.1 Å². The van der Waals surface area contributed by atoms with Crippen LogP contribution in [0.15, 0.2) is 42.6 Å². The second-order valence-corrected chi connectivity index (χ2v) is 6.47. The maximum Gasteiger partial charge on any atom is 0.243 e. The van der Waals surface area contributed by atoms with E-state index in [0.717, 1.165) is 17.0 Å². The van der Waals surface area contributed by atoms with Crippen molar-refractivity contribution in [3.8, 4) is 11.4 Å². The van der Waals surface area contributed by atoms with Gasteiger partial charge in [0.05, 0.1) is 0 Å². The summed E-state index contributed by atoms with van der Waals surface area (Å²) < 4.78 is 14.8. The largest absolute Gasteiger partial charge is 0.350 e. The molecule has 3 aromatic rings. The summed E-state index contributed by atoms with van der Waals surface area (Å²) in [6.07, 6.45) is 2.96. The van der Waals surface area contributed by atoms with Crippen LogP contribution in [-0.4, -0.2) is 25.7 Å². The Morgan fingerprint density at radius 2 is 2.04 bits per heavy atom. The zero-order valence-corrected chi connectivity index (χ0v) is 14.4. The summed E-state index contributed by atoms with van der Waals surface area (Å²) in [5, 5.41) is 11.7. The number of fused-ring (bicyclic) bond motifs is 1. The van der Waals surface area contributed by atoms with Gasteiger partial charge in [-0.2, -0.15) is 0 Å². The molecule has 3 heterocycles. The van der Waals surface area contributed by atoms with Crippen LogP contribution in [0.25, 0.3) is 11.4 Å². The number of hydrogen-bond donors (Lipinski definition) is 1. The quantitative estimate of drug-likeness (QED) is 0.716. The molecule has 0 fully saturated rings. The van der Waals surface area contributed by atoms with E-state index in [2.05, 4.69) is 20.5 Å². The average molecular weight is 372 g/mol. The third kappa shape index (κ3) is 3.17. The standard InChI is InChI=1S/C18H15ClFN5O/c19-15-7-3-12(10-21-15)17-24-23-16-8-6-14(25(16)17)18(26)22-9-11-1-4-13(20)5-2-11/h1-5,7,10,14H,6,8-9H2,(H,22,26). The summed E-state index contributed by atoms with van der Waals surface area (Å²) in [4.78, 5) is 16.8. The number of hydrogen-bond acceptors (Lipinski definition) is 4. The average Bonchev–Trinajstić information content (AvgIpc) is 3.24. The monoisotopic (exact) mass is 371 g/mol. The van der Waals surface area contributed by atoms with Gasteiger partial charge in [0.15, 0.2) is 5.82 Å². The van der Waals surface area contributed by atoms with Gasteiger partial charge in [0.25, 0.3) is 0 Å². The SMILES string of the molecule is O=C(NCc1ccc(F)cc1)C1CCc2nnc(-c3ccc(Cl)nc3)n21. The molecule has 1 aliphatic rings. The van der Waals surface area contributed by atoms with Crippen molar-refractivity contribution in [2.75, 3.05) is 0 Å². The van der Waals surface area contributed by atoms with Crippen molar-refractivity contribution >= 4 is 17.5 Å². The number of rotatable bonds is 4. The maximum absolute atomic E-state index is 13.0. The number of halogens is 2. The first-order valence-corrected chi connectivity index (χ1v) is 8.57. The Labute approximate surface area is 154 Å². The molecule has 0 bridgehead atoms. The lowest BCUT2D eigenvalue weighted by Crippen LogP contribution is -2.31. The number of benzene rings is 1. The van der Waals surface area contributed by atoms with Crippen LogP contribution in [0.2, 0.25) is 5.15 Å². The van der Waals surface area contributed by atoms with E-state index in [0.29, 0.717) is 30.4 Å². The first kappa shape index (κ1) is 16.7. The molecule has 4 rings (SSSR count). The van der Waals surface area contributed by atoms with Crippen LogP contribution >= 0.6 is 11.6 Å². The maximum atomic E-state index is 13.0. The third-order valence-corrected chi connectivity index (χ3v) is 4.61. The number of aryl methyl sites for hydroxylation is 1. The summed E-state index contributed by atoms with van der Waals surface area (Å²) in [5.41, 5.74) is 1.59. The van der Waals surface area contributed by atoms with Crippen LogP contribution < -0.4 is 5.32 Å². The van der Waals surface area contributed by atoms with Crippen molar-refractivity contribution < 1.29 is 9.18 Å². The summed E-state index contributed by atoms with van der Waals surface area (Å²) >= 11 is 5.84. The number of nitrogens with one attached hydrogen (secondary N) is 1. The number of pyridine rings is 1. The molecule has 0 aliphatic carbocycles. The molecular formula is C18H15ClFN5O. The van der Waals surface area contributed by atoms with Crippen molar-refractivity contribution in [2.24, 2.45) is 0 Å². The van der Waals surface area contributed by atoms with Gasteiger partial charge in [0.1, 0.15) is 22.8 Å². The molecule has 1 N–H and O–H groups in total. The summed E-state index contributed by atoms with van der Waals surface area (Å²) in [6, 6.07) is 9.15. The minimum atomic E-state index is -0.383. The normalized spacial score (nSPS) is 15.7. The molecule has 0 radical (unpaired) electrons. The number of nitrogens with zero attached hydrogens (tertiary/aromatic N) is 4. The lowest BCUT2D eigenvalue weighted by molar-refractivity contribution is -0.124. The first-order chi connectivity index (χ1) is 12.6. The predicted molar refractivity (Wildman–Crippen MR) is 93.9 cm³/mol. The second-order valence-electron chi connectivity index (χ2n) is 6.08. The van der Waals surface area contributed by atoms with E-state index in [4.69, 9.17) is 11.6 Å². The molecule has 132 valence electrons. The summed E-state index contributed by atoms with van der Waals surface area (Å²) in [5.74, 6) is 0.961. The fraction of sp³-hybridized carbons (Fsp3) is 0.222. The summed E-state index contributed by atoms with van der Waals surface area (Å²) in [7, 11) is 0. The third-order valence-electron chi connectivity index (χ3n) is 4.39. The molecular weight excluding hydrogens is 357 g/mol. The minimum Gasteiger partial charge on any atom is -0.350 e. The Bertz CT molecular complexity index is 939. The topological polar surface area (TPSA) is 72.7 Å². The molecule has 1 aliphatic heterocycles. The number of carbonyl (C=O) groups excluding carboxylic acids is 1. The Morgan fingerprint density at radius 1 is 1.23 bits per heavy atom. The Balaban J connectivity index is 1.53. The lowest BCUT2D eigenvalue weighted by atomic mass is 10.1. The van der Waals surface area contributed by atoms with Crippen LogP contribution in [-0.2, 0) is 17.8 Å². The van der Waals surface area contributed by atoms with Gasteiger partial charge in [-0.1, -0.05) is 23.7 Å². The zero-order chi connectivity index (χ0) is 18.1. The predicted octanol–water partition coefficient (Wildman–Crippen LogP) is 2.94. The van der Waals surface area contributed by atoms with Crippen LogP contribution in [0, 0.1) is 5.82 Å². The van der Waals surface area contributed by atoms with E-state index in [-0.39, 0.29) is 17.8 Å². The highest BCUT2D eigenvalue weighted by Crippen LogP contribution is 2.31. The second kappa shape index (κ2) is 6.84. The molecule has 1 atom stereocenters. The molecule has 1 amide bonds. The molecule has 1 unspecified atom stereocenters. The smallest absolute Gasteiger partial charge is 0.243 e. The molecule has 0 saturated carbocycles. The van der Waals surface area contributed by atoms with Crippen LogP contribution in [0.3, 0.4) is 0 Å². The van der Waals surface area contributed by atoms with Gasteiger partial charge in [0.2, 0.25) is 5.91 Å². The highest BCUT2D eigenvalue weighted by Gasteiger charge is 2.32. The molecule has 1 aromatic carbocycles. The first-order valence-electron chi connectivity index (χ1n) is 8.19. The highest BCUT2D eigenvalue weighted by molar-refractivity contribution is 6.29. The fourth-order valence-corrected chi connectivity index (χ4v) is 3.19. The fourth-order valence-electron chi connectivity index (χ4n) is 3.08. The summed E-state index contributed by atoms with van der Waals surface area (Å²) in [6.45, 7) is 0.338. The van der Waals surface area contributed by atoms with Crippen LogP contribution in [0.1, 0.15) is 23.9 Å². The van der Waals surface area contributed by atoms with E-state index in [9.17, 15) is 9.18 Å². The minimum absolute atomic E-state index is 0.115. The molecule has 2 aromatic heterocycles. The van der Waals surface area contributed by atoms with Crippen molar-refractivity contribution in [1.82, 2.24) is 25.1 Å². The molecule has 0 saturated heterocycles. The zero-order valence-electron chi connectivity index (χ0n) is 13.7. The highest BCUT2D eigenvalue weighted by atomic mass is 35.5. The number of aromatic nitrogens is 4. The van der Waals surface area contributed by atoms with E-state index in [1.54, 1.807) is 30.5 Å². The molecule has 6 nitrogen and oxygen atoms in total. The van der Waals surface area contributed by atoms with Crippen molar-refractivity contribution in [3.63, 3.8) is 0 Å². The Kier molecular flexibility index (Phi) is 4.38.